The summed E-state index contributed by atoms with van der Waals surface area (Å²) in [5.74, 6) is 1.62. The van der Waals surface area contributed by atoms with Gasteiger partial charge in [-0.15, -0.1) is 12.4 Å². The predicted molar refractivity (Wildman–Crippen MR) is 80.4 cm³/mol. The second-order valence-electron chi connectivity index (χ2n) is 4.58. The number of likely N-dealkylation sites (tertiary alicyclic amines) is 1. The highest BCUT2D eigenvalue weighted by Gasteiger charge is 2.21. The van der Waals surface area contributed by atoms with Gasteiger partial charge in [-0.25, -0.2) is 0 Å². The van der Waals surface area contributed by atoms with Gasteiger partial charge in [-0.05, 0) is 43.6 Å². The first-order valence-corrected chi connectivity index (χ1v) is 6.77. The van der Waals surface area contributed by atoms with Crippen LogP contribution >= 0.6 is 28.3 Å². The van der Waals surface area contributed by atoms with Gasteiger partial charge < -0.3 is 10.5 Å². The molecule has 0 spiro atoms. The number of hydrogen-bond acceptors (Lipinski definition) is 3. The van der Waals surface area contributed by atoms with Crippen LogP contribution in [0, 0.1) is 5.92 Å². The fourth-order valence-corrected chi connectivity index (χ4v) is 2.77. The fraction of sp³-hybridized carbons (Fsp3) is 0.538. The molecule has 0 amide bonds. The van der Waals surface area contributed by atoms with Gasteiger partial charge in [-0.3, -0.25) is 4.90 Å². The van der Waals surface area contributed by atoms with E-state index < -0.39 is 0 Å². The van der Waals surface area contributed by atoms with E-state index in [0.717, 1.165) is 36.4 Å². The van der Waals surface area contributed by atoms with E-state index in [1.165, 1.54) is 12.0 Å². The summed E-state index contributed by atoms with van der Waals surface area (Å²) < 4.78 is 6.49. The van der Waals surface area contributed by atoms with E-state index in [9.17, 15) is 0 Å². The zero-order chi connectivity index (χ0) is 12.3. The van der Waals surface area contributed by atoms with Crippen LogP contribution in [-0.4, -0.2) is 31.6 Å². The molecular weight excluding hydrogens is 316 g/mol. The average molecular weight is 336 g/mol. The average Bonchev–Trinajstić information content (AvgIpc) is 2.77. The number of ether oxygens (including phenoxy) is 1. The smallest absolute Gasteiger partial charge is 0.123 e. The summed E-state index contributed by atoms with van der Waals surface area (Å²) in [4.78, 5) is 2.45. The highest BCUT2D eigenvalue weighted by molar-refractivity contribution is 9.10. The molecule has 5 heteroatoms. The molecule has 1 atom stereocenters. The fourth-order valence-electron chi connectivity index (χ4n) is 2.36. The first-order valence-electron chi connectivity index (χ1n) is 5.97. The third-order valence-corrected chi connectivity index (χ3v) is 3.83. The van der Waals surface area contributed by atoms with Crippen molar-refractivity contribution in [3.8, 4) is 5.75 Å². The molecule has 1 heterocycles. The van der Waals surface area contributed by atoms with Crippen LogP contribution in [0.15, 0.2) is 22.7 Å². The molecule has 1 saturated heterocycles. The molecule has 0 aliphatic carbocycles. The van der Waals surface area contributed by atoms with Gasteiger partial charge in [0.1, 0.15) is 5.75 Å². The van der Waals surface area contributed by atoms with Crippen molar-refractivity contribution in [3.63, 3.8) is 0 Å². The molecule has 1 aliphatic heterocycles. The van der Waals surface area contributed by atoms with Crippen molar-refractivity contribution in [1.82, 2.24) is 4.90 Å². The number of methoxy groups -OCH3 is 1. The Labute approximate surface area is 123 Å². The van der Waals surface area contributed by atoms with E-state index in [2.05, 4.69) is 26.9 Å². The summed E-state index contributed by atoms with van der Waals surface area (Å²) in [5.41, 5.74) is 6.95. The van der Waals surface area contributed by atoms with Crippen molar-refractivity contribution >= 4 is 28.3 Å². The van der Waals surface area contributed by atoms with Gasteiger partial charge in [0, 0.05) is 23.1 Å². The minimum atomic E-state index is 0. The number of nitrogens with zero attached hydrogens (tertiary/aromatic N) is 1. The Morgan fingerprint density at radius 3 is 2.89 bits per heavy atom. The van der Waals surface area contributed by atoms with Gasteiger partial charge in [0.2, 0.25) is 0 Å². The second-order valence-corrected chi connectivity index (χ2v) is 5.50. The number of benzene rings is 1. The molecule has 2 rings (SSSR count). The normalized spacial score (nSPS) is 19.6. The molecule has 1 aromatic carbocycles. The molecule has 1 aromatic rings. The zero-order valence-corrected chi connectivity index (χ0v) is 13.0. The van der Waals surface area contributed by atoms with E-state index in [1.54, 1.807) is 7.11 Å². The molecular formula is C13H20BrClN2O. The van der Waals surface area contributed by atoms with Crippen LogP contribution < -0.4 is 10.5 Å². The van der Waals surface area contributed by atoms with E-state index in [0.29, 0.717) is 5.92 Å². The van der Waals surface area contributed by atoms with Crippen LogP contribution in [0.25, 0.3) is 0 Å². The first-order chi connectivity index (χ1) is 8.22. The molecule has 0 radical (unpaired) electrons. The van der Waals surface area contributed by atoms with E-state index in [4.69, 9.17) is 10.5 Å². The van der Waals surface area contributed by atoms with Gasteiger partial charge in [0.05, 0.1) is 7.11 Å². The van der Waals surface area contributed by atoms with Gasteiger partial charge in [-0.2, -0.15) is 0 Å². The molecule has 1 unspecified atom stereocenters. The monoisotopic (exact) mass is 334 g/mol. The molecule has 0 saturated carbocycles. The largest absolute Gasteiger partial charge is 0.496 e. The van der Waals surface area contributed by atoms with Gasteiger partial charge in [-0.1, -0.05) is 15.9 Å². The molecule has 2 N–H and O–H groups in total. The quantitative estimate of drug-likeness (QED) is 0.919. The Kier molecular flexibility index (Phi) is 6.43. The highest BCUT2D eigenvalue weighted by atomic mass is 79.9. The van der Waals surface area contributed by atoms with Crippen LogP contribution in [0.2, 0.25) is 0 Å². The van der Waals surface area contributed by atoms with Crippen molar-refractivity contribution in [2.45, 2.75) is 13.0 Å². The minimum Gasteiger partial charge on any atom is -0.496 e. The molecule has 0 aromatic heterocycles. The van der Waals surface area contributed by atoms with Crippen LogP contribution in [-0.2, 0) is 6.54 Å². The van der Waals surface area contributed by atoms with Gasteiger partial charge >= 0.3 is 0 Å². The van der Waals surface area contributed by atoms with Crippen LogP contribution in [0.3, 0.4) is 0 Å². The van der Waals surface area contributed by atoms with Crippen molar-refractivity contribution in [2.24, 2.45) is 11.7 Å². The zero-order valence-electron chi connectivity index (χ0n) is 10.6. The topological polar surface area (TPSA) is 38.5 Å². The molecule has 1 fully saturated rings. The van der Waals surface area contributed by atoms with Crippen LogP contribution in [0.5, 0.6) is 5.75 Å². The van der Waals surface area contributed by atoms with Gasteiger partial charge in [0.25, 0.3) is 0 Å². The summed E-state index contributed by atoms with van der Waals surface area (Å²) in [5, 5.41) is 0. The third-order valence-electron chi connectivity index (χ3n) is 3.34. The number of nitrogens with two attached hydrogens (primary N) is 1. The lowest BCUT2D eigenvalue weighted by Crippen LogP contribution is -2.23. The lowest BCUT2D eigenvalue weighted by Gasteiger charge is -2.18. The maximum absolute atomic E-state index is 5.71. The van der Waals surface area contributed by atoms with Crippen molar-refractivity contribution < 1.29 is 4.74 Å². The maximum atomic E-state index is 5.71. The van der Waals surface area contributed by atoms with Crippen molar-refractivity contribution in [3.05, 3.63) is 28.2 Å². The molecule has 0 bridgehead atoms. The Morgan fingerprint density at radius 2 is 2.28 bits per heavy atom. The number of hydrogen-bond donors (Lipinski definition) is 1. The molecule has 102 valence electrons. The van der Waals surface area contributed by atoms with Crippen LogP contribution in [0.1, 0.15) is 12.0 Å². The SMILES string of the molecule is COc1ccc(Br)cc1CN1CCC(CN)C1.Cl. The summed E-state index contributed by atoms with van der Waals surface area (Å²) >= 11 is 3.51. The molecule has 3 nitrogen and oxygen atoms in total. The van der Waals surface area contributed by atoms with E-state index in [1.807, 2.05) is 12.1 Å². The Hall–Kier alpha value is -0.290. The number of halogens is 2. The molecule has 1 aliphatic rings. The second kappa shape index (κ2) is 7.34. The van der Waals surface area contributed by atoms with Crippen molar-refractivity contribution in [1.29, 1.82) is 0 Å². The summed E-state index contributed by atoms with van der Waals surface area (Å²) in [7, 11) is 1.72. The summed E-state index contributed by atoms with van der Waals surface area (Å²) in [6, 6.07) is 6.15. The Balaban J connectivity index is 0.00000162. The Morgan fingerprint density at radius 1 is 1.50 bits per heavy atom. The standard InChI is InChI=1S/C13H19BrN2O.ClH/c1-17-13-3-2-12(14)6-11(13)9-16-5-4-10(7-15)8-16;/h2-3,6,10H,4-5,7-9,15H2,1H3;1H. The maximum Gasteiger partial charge on any atom is 0.123 e. The van der Waals surface area contributed by atoms with E-state index in [-0.39, 0.29) is 12.4 Å². The highest BCUT2D eigenvalue weighted by Crippen LogP contribution is 2.26. The minimum absolute atomic E-state index is 0. The van der Waals surface area contributed by atoms with E-state index >= 15 is 0 Å². The Bertz CT molecular complexity index is 389. The molecule has 18 heavy (non-hydrogen) atoms. The third kappa shape index (κ3) is 3.85. The summed E-state index contributed by atoms with van der Waals surface area (Å²) in [6.07, 6.45) is 1.22. The summed E-state index contributed by atoms with van der Waals surface area (Å²) in [6.45, 7) is 3.98. The van der Waals surface area contributed by atoms with Gasteiger partial charge in [0.15, 0.2) is 0 Å². The predicted octanol–water partition coefficient (Wildman–Crippen LogP) is 2.66. The lowest BCUT2D eigenvalue weighted by atomic mass is 10.1. The van der Waals surface area contributed by atoms with Crippen molar-refractivity contribution in [2.75, 3.05) is 26.7 Å². The van der Waals surface area contributed by atoms with Crippen LogP contribution in [0.4, 0.5) is 0 Å². The lowest BCUT2D eigenvalue weighted by molar-refractivity contribution is 0.309. The number of rotatable bonds is 4. The first kappa shape index (κ1) is 15.8.